The normalized spacial score (nSPS) is 32.7. The quantitative estimate of drug-likeness (QED) is 0.321. The Hall–Kier alpha value is -2.63. The van der Waals surface area contributed by atoms with Crippen LogP contribution in [0.3, 0.4) is 0 Å². The molecule has 47 heavy (non-hydrogen) atoms. The zero-order chi connectivity index (χ0) is 33.6. The maximum Gasteiger partial charge on any atom is 0.264 e. The minimum absolute atomic E-state index is 0.193. The van der Waals surface area contributed by atoms with E-state index in [1.54, 1.807) is 38.3 Å². The first kappa shape index (κ1) is 34.2. The van der Waals surface area contributed by atoms with Crippen molar-refractivity contribution >= 4 is 33.2 Å². The third kappa shape index (κ3) is 6.56. The zero-order valence-corrected chi connectivity index (χ0v) is 29.7. The van der Waals surface area contributed by atoms with Crippen LogP contribution in [0, 0.1) is 17.8 Å². The van der Waals surface area contributed by atoms with Gasteiger partial charge >= 0.3 is 0 Å². The second-order valence-corrected chi connectivity index (χ2v) is 16.6. The average Bonchev–Trinajstić information content (AvgIpc) is 3.18. The lowest BCUT2D eigenvalue weighted by atomic mass is 9.63. The summed E-state index contributed by atoms with van der Waals surface area (Å²) in [6.45, 7) is 6.01. The van der Waals surface area contributed by atoms with Crippen molar-refractivity contribution in [2.45, 2.75) is 68.6 Å². The number of methoxy groups -OCH3 is 1. The number of rotatable bonds is 4. The Bertz CT molecular complexity index is 1630. The molecule has 6 rings (SSSR count). The average molecular weight is 686 g/mol. The lowest BCUT2D eigenvalue weighted by Crippen LogP contribution is -2.56. The van der Waals surface area contributed by atoms with Crippen LogP contribution in [0.25, 0.3) is 0 Å². The van der Waals surface area contributed by atoms with Crippen LogP contribution in [0.2, 0.25) is 5.02 Å². The Labute approximate surface area is 284 Å². The Morgan fingerprint density at radius 3 is 2.68 bits per heavy atom. The fraction of sp³-hybridized carbons (Fsp3) is 0.583. The Kier molecular flexibility index (Phi) is 9.73. The van der Waals surface area contributed by atoms with Crippen molar-refractivity contribution in [2.24, 2.45) is 17.8 Å². The lowest BCUT2D eigenvalue weighted by Gasteiger charge is -2.51. The molecule has 9 nitrogen and oxygen atoms in total. The van der Waals surface area contributed by atoms with Gasteiger partial charge in [-0.25, -0.2) is 13.1 Å². The number of fused-ring (bicyclic) bond motifs is 4. The molecular weight excluding hydrogens is 638 g/mol. The number of likely N-dealkylation sites (N-methyl/N-ethyl adjacent to an activating group) is 1. The predicted molar refractivity (Wildman–Crippen MR) is 185 cm³/mol. The summed E-state index contributed by atoms with van der Waals surface area (Å²) in [5, 5.41) is 1.74. The molecule has 0 aromatic heterocycles. The van der Waals surface area contributed by atoms with Crippen molar-refractivity contribution in [3.8, 4) is 5.75 Å². The van der Waals surface area contributed by atoms with Gasteiger partial charge in [-0.05, 0) is 105 Å². The van der Waals surface area contributed by atoms with Gasteiger partial charge in [0, 0.05) is 43.2 Å². The number of anilines is 1. The SMILES string of the molecule is CON(C)C[C@]1(OC)/C=C\C[C@H](C)[C@@H](C)S(=O)(=O)NC(=O)c2ccc3c(c2)N(C[C@@H]2CC[C@H]21)C[C@@]1(CCCc2cc(Cl)ccc21)CO3. The number of nitrogens with zero attached hydrogens (tertiary/aromatic N) is 2. The van der Waals surface area contributed by atoms with Crippen molar-refractivity contribution in [1.29, 1.82) is 0 Å². The highest BCUT2D eigenvalue weighted by Gasteiger charge is 2.49. The molecular formula is C36H48ClN3O6S. The van der Waals surface area contributed by atoms with E-state index in [1.165, 1.54) is 11.1 Å². The van der Waals surface area contributed by atoms with Crippen LogP contribution in [0.4, 0.5) is 5.69 Å². The van der Waals surface area contributed by atoms with Crippen molar-refractivity contribution in [2.75, 3.05) is 52.4 Å². The Morgan fingerprint density at radius 2 is 1.96 bits per heavy atom. The van der Waals surface area contributed by atoms with Gasteiger partial charge in [0.15, 0.2) is 0 Å². The smallest absolute Gasteiger partial charge is 0.264 e. The predicted octanol–water partition coefficient (Wildman–Crippen LogP) is 5.76. The first-order chi connectivity index (χ1) is 22.4. The third-order valence-corrected chi connectivity index (χ3v) is 13.5. The van der Waals surface area contributed by atoms with Crippen LogP contribution in [-0.2, 0) is 31.4 Å². The maximum absolute atomic E-state index is 13.5. The summed E-state index contributed by atoms with van der Waals surface area (Å²) < 4.78 is 42.3. The molecule has 0 unspecified atom stereocenters. The largest absolute Gasteiger partial charge is 0.490 e. The molecule has 256 valence electrons. The number of hydroxylamine groups is 2. The number of benzene rings is 2. The summed E-state index contributed by atoms with van der Waals surface area (Å²) in [7, 11) is 1.37. The van der Waals surface area contributed by atoms with Gasteiger partial charge < -0.3 is 19.2 Å². The molecule has 1 N–H and O–H groups in total. The van der Waals surface area contributed by atoms with E-state index in [2.05, 4.69) is 27.8 Å². The first-order valence-corrected chi connectivity index (χ1v) is 18.7. The molecule has 1 saturated carbocycles. The Balaban J connectivity index is 1.46. The number of hydrogen-bond acceptors (Lipinski definition) is 8. The molecule has 2 aromatic carbocycles. The van der Waals surface area contributed by atoms with Gasteiger partial charge in [0.25, 0.3) is 5.91 Å². The number of nitrogens with one attached hydrogen (secondary N) is 1. The molecule has 2 aliphatic carbocycles. The highest BCUT2D eigenvalue weighted by atomic mass is 35.5. The second kappa shape index (κ2) is 13.3. The monoisotopic (exact) mass is 685 g/mol. The van der Waals surface area contributed by atoms with Gasteiger partial charge in [0.2, 0.25) is 10.0 Å². The van der Waals surface area contributed by atoms with Gasteiger partial charge in [-0.3, -0.25) is 4.79 Å². The molecule has 2 aromatic rings. The number of carbonyl (C=O) groups excluding carboxylic acids is 1. The minimum Gasteiger partial charge on any atom is -0.490 e. The van der Waals surface area contributed by atoms with Gasteiger partial charge in [-0.15, -0.1) is 0 Å². The summed E-state index contributed by atoms with van der Waals surface area (Å²) in [6.07, 6.45) is 9.68. The zero-order valence-electron chi connectivity index (χ0n) is 28.1. The van der Waals surface area contributed by atoms with Crippen LogP contribution < -0.4 is 14.4 Å². The third-order valence-electron chi connectivity index (χ3n) is 11.4. The van der Waals surface area contributed by atoms with Crippen molar-refractivity contribution in [3.63, 3.8) is 0 Å². The van der Waals surface area contributed by atoms with Gasteiger partial charge in [-0.2, -0.15) is 5.06 Å². The molecule has 2 aliphatic heterocycles. The maximum atomic E-state index is 13.5. The summed E-state index contributed by atoms with van der Waals surface area (Å²) in [5.41, 5.74) is 2.70. The standard InChI is InChI=1S/C36H48ClN3O6S/c1-24-8-6-17-36(44-4,22-39(3)45-5)31-13-10-28(31)20-40-21-35(16-7-9-26-18-29(37)12-14-30(26)35)23-46-33-15-11-27(19-32(33)40)34(41)38-47(42,43)25(24)2/h6,11-12,14-15,17-19,24-25,28,31H,7-10,13,16,20-23H2,1-5H3,(H,38,41)/b17-6-/t24-,25+,28-,31+,35-,36+/m0/s1. The van der Waals surface area contributed by atoms with E-state index < -0.39 is 26.8 Å². The molecule has 4 aliphatic rings. The number of hydrogen-bond donors (Lipinski definition) is 1. The van der Waals surface area contributed by atoms with E-state index in [0.29, 0.717) is 37.8 Å². The number of sulfonamides is 1. The van der Waals surface area contributed by atoms with Crippen molar-refractivity contribution in [1.82, 2.24) is 9.79 Å². The van der Waals surface area contributed by atoms with Crippen LogP contribution in [0.5, 0.6) is 5.75 Å². The fourth-order valence-electron chi connectivity index (χ4n) is 8.22. The molecule has 1 amide bonds. The Morgan fingerprint density at radius 1 is 1.15 bits per heavy atom. The van der Waals surface area contributed by atoms with E-state index >= 15 is 0 Å². The molecule has 0 saturated heterocycles. The molecule has 1 spiro atoms. The molecule has 0 radical (unpaired) electrons. The van der Waals surface area contributed by atoms with Gasteiger partial charge in [0.1, 0.15) is 11.4 Å². The summed E-state index contributed by atoms with van der Waals surface area (Å²) in [4.78, 5) is 21.5. The lowest BCUT2D eigenvalue weighted by molar-refractivity contribution is -0.173. The van der Waals surface area contributed by atoms with E-state index in [-0.39, 0.29) is 22.8 Å². The van der Waals surface area contributed by atoms with Gasteiger partial charge in [-0.1, -0.05) is 36.7 Å². The molecule has 11 heteroatoms. The summed E-state index contributed by atoms with van der Waals surface area (Å²) in [6, 6.07) is 11.5. The first-order valence-electron chi connectivity index (χ1n) is 16.7. The van der Waals surface area contributed by atoms with E-state index in [0.717, 1.165) is 49.4 Å². The summed E-state index contributed by atoms with van der Waals surface area (Å²) in [5.74, 6) is 0.310. The molecule has 2 heterocycles. The fourth-order valence-corrected chi connectivity index (χ4v) is 9.70. The summed E-state index contributed by atoms with van der Waals surface area (Å²) >= 11 is 6.45. The number of amides is 1. The van der Waals surface area contributed by atoms with Crippen LogP contribution in [0.15, 0.2) is 48.6 Å². The highest BCUT2D eigenvalue weighted by Crippen LogP contribution is 2.49. The van der Waals surface area contributed by atoms with Crippen LogP contribution >= 0.6 is 11.6 Å². The van der Waals surface area contributed by atoms with Crippen molar-refractivity contribution < 1.29 is 27.5 Å². The van der Waals surface area contributed by atoms with E-state index in [1.807, 2.05) is 32.2 Å². The number of ether oxygens (including phenoxy) is 2. The molecule has 2 bridgehead atoms. The van der Waals surface area contributed by atoms with E-state index in [4.69, 9.17) is 25.9 Å². The van der Waals surface area contributed by atoms with Crippen molar-refractivity contribution in [3.05, 3.63) is 70.3 Å². The number of allylic oxidation sites excluding steroid dienone is 1. The second-order valence-electron chi connectivity index (χ2n) is 14.2. The minimum atomic E-state index is -3.95. The number of aryl methyl sites for hydroxylation is 1. The topological polar surface area (TPSA) is 97.4 Å². The van der Waals surface area contributed by atoms with Crippen LogP contribution in [-0.4, -0.2) is 77.7 Å². The molecule has 6 atom stereocenters. The van der Waals surface area contributed by atoms with Crippen LogP contribution in [0.1, 0.15) is 67.4 Å². The van der Waals surface area contributed by atoms with Gasteiger partial charge in [0.05, 0.1) is 31.2 Å². The van der Waals surface area contributed by atoms with E-state index in [9.17, 15) is 13.2 Å². The number of halogens is 1. The number of carbonyl (C=O) groups is 1. The molecule has 1 fully saturated rings. The highest BCUT2D eigenvalue weighted by molar-refractivity contribution is 7.90.